The number of halogens is 1. The summed E-state index contributed by atoms with van der Waals surface area (Å²) in [6.45, 7) is 1.94. The maximum absolute atomic E-state index is 5.16. The lowest BCUT2D eigenvalue weighted by Crippen LogP contribution is -2.15. The van der Waals surface area contributed by atoms with Gasteiger partial charge in [-0.15, -0.1) is 11.3 Å². The van der Waals surface area contributed by atoms with Gasteiger partial charge in [-0.05, 0) is 47.1 Å². The predicted molar refractivity (Wildman–Crippen MR) is 60.2 cm³/mol. The van der Waals surface area contributed by atoms with Crippen molar-refractivity contribution >= 4 is 39.2 Å². The van der Waals surface area contributed by atoms with Gasteiger partial charge < -0.3 is 4.74 Å². The standard InChI is InChI=1S/C8H10BrNOS2/c1-10(4-6-5-11-6)13-8-3-2-7(9)12-8/h2-3,6H,4-5H2,1H3. The molecule has 2 rings (SSSR count). The first-order chi connectivity index (χ1) is 6.24. The van der Waals surface area contributed by atoms with Gasteiger partial charge in [-0.3, -0.25) is 0 Å². The van der Waals surface area contributed by atoms with Gasteiger partial charge in [0.05, 0.1) is 20.7 Å². The molecule has 0 aromatic carbocycles. The van der Waals surface area contributed by atoms with Crippen LogP contribution >= 0.6 is 39.2 Å². The lowest BCUT2D eigenvalue weighted by atomic mass is 10.5. The molecule has 72 valence electrons. The van der Waals surface area contributed by atoms with Crippen LogP contribution in [0.5, 0.6) is 0 Å². The second-order valence-electron chi connectivity index (χ2n) is 2.92. The zero-order valence-corrected chi connectivity index (χ0v) is 10.4. The summed E-state index contributed by atoms with van der Waals surface area (Å²) in [6, 6.07) is 4.21. The van der Waals surface area contributed by atoms with Crippen LogP contribution in [0.1, 0.15) is 0 Å². The Bertz CT molecular complexity index is 287. The van der Waals surface area contributed by atoms with Crippen LogP contribution in [0.25, 0.3) is 0 Å². The molecule has 0 amide bonds. The van der Waals surface area contributed by atoms with Crippen LogP contribution in [0.3, 0.4) is 0 Å². The van der Waals surface area contributed by atoms with Gasteiger partial charge in [-0.2, -0.15) is 0 Å². The van der Waals surface area contributed by atoms with E-state index < -0.39 is 0 Å². The minimum Gasteiger partial charge on any atom is -0.372 e. The third kappa shape index (κ3) is 3.25. The number of rotatable bonds is 4. The van der Waals surface area contributed by atoms with E-state index in [1.807, 2.05) is 0 Å². The summed E-state index contributed by atoms with van der Waals surface area (Å²) < 4.78 is 9.88. The molecule has 1 aliphatic heterocycles. The largest absolute Gasteiger partial charge is 0.372 e. The van der Waals surface area contributed by atoms with E-state index in [2.05, 4.69) is 39.4 Å². The Morgan fingerprint density at radius 2 is 2.54 bits per heavy atom. The van der Waals surface area contributed by atoms with E-state index in [-0.39, 0.29) is 0 Å². The van der Waals surface area contributed by atoms with Gasteiger partial charge in [0.25, 0.3) is 0 Å². The summed E-state index contributed by atoms with van der Waals surface area (Å²) in [6.07, 6.45) is 0.473. The van der Waals surface area contributed by atoms with E-state index in [0.29, 0.717) is 6.10 Å². The van der Waals surface area contributed by atoms with Crippen molar-refractivity contribution in [3.8, 4) is 0 Å². The van der Waals surface area contributed by atoms with Crippen molar-refractivity contribution in [2.24, 2.45) is 0 Å². The first kappa shape index (κ1) is 9.98. The molecule has 1 aromatic heterocycles. The Balaban J connectivity index is 1.82. The molecule has 2 heterocycles. The molecule has 13 heavy (non-hydrogen) atoms. The zero-order valence-electron chi connectivity index (χ0n) is 7.20. The topological polar surface area (TPSA) is 15.8 Å². The van der Waals surface area contributed by atoms with Gasteiger partial charge in [-0.1, -0.05) is 0 Å². The van der Waals surface area contributed by atoms with E-state index in [9.17, 15) is 0 Å². The molecule has 1 aromatic rings. The summed E-state index contributed by atoms with van der Waals surface area (Å²) in [7, 11) is 2.10. The molecule has 1 saturated heterocycles. The predicted octanol–water partition coefficient (Wildman–Crippen LogP) is 2.85. The third-order valence-electron chi connectivity index (χ3n) is 1.66. The van der Waals surface area contributed by atoms with E-state index in [1.165, 1.54) is 8.00 Å². The molecule has 5 heteroatoms. The monoisotopic (exact) mass is 279 g/mol. The highest BCUT2D eigenvalue weighted by molar-refractivity contribution is 9.11. The molecule has 0 spiro atoms. The van der Waals surface area contributed by atoms with Crippen LogP contribution in [0.4, 0.5) is 0 Å². The summed E-state index contributed by atoms with van der Waals surface area (Å²) in [5, 5.41) is 0. The van der Waals surface area contributed by atoms with Crippen molar-refractivity contribution < 1.29 is 4.74 Å². The van der Waals surface area contributed by atoms with Gasteiger partial charge in [0, 0.05) is 6.54 Å². The summed E-state index contributed by atoms with van der Waals surface area (Å²) in [5.41, 5.74) is 0. The van der Waals surface area contributed by atoms with Gasteiger partial charge in [0.1, 0.15) is 0 Å². The number of thiophene rings is 1. The molecule has 0 N–H and O–H groups in total. The number of ether oxygens (including phenoxy) is 1. The lowest BCUT2D eigenvalue weighted by molar-refractivity contribution is 0.373. The van der Waals surface area contributed by atoms with Crippen LogP contribution in [-0.2, 0) is 4.74 Å². The average Bonchev–Trinajstić information content (AvgIpc) is 2.76. The van der Waals surface area contributed by atoms with Crippen molar-refractivity contribution in [2.75, 3.05) is 20.2 Å². The van der Waals surface area contributed by atoms with Gasteiger partial charge >= 0.3 is 0 Å². The Morgan fingerprint density at radius 1 is 1.77 bits per heavy atom. The van der Waals surface area contributed by atoms with Crippen molar-refractivity contribution in [1.29, 1.82) is 0 Å². The van der Waals surface area contributed by atoms with Crippen LogP contribution in [0, 0.1) is 0 Å². The molecule has 0 aliphatic carbocycles. The van der Waals surface area contributed by atoms with Gasteiger partial charge in [-0.25, -0.2) is 4.31 Å². The number of hydrogen-bond acceptors (Lipinski definition) is 4. The zero-order chi connectivity index (χ0) is 9.26. The third-order valence-corrected chi connectivity index (χ3v) is 4.33. The highest BCUT2D eigenvalue weighted by atomic mass is 79.9. The van der Waals surface area contributed by atoms with Crippen molar-refractivity contribution in [3.05, 3.63) is 15.9 Å². The fourth-order valence-corrected chi connectivity index (χ4v) is 3.92. The molecule has 1 atom stereocenters. The normalized spacial score (nSPS) is 21.0. The second kappa shape index (κ2) is 4.31. The van der Waals surface area contributed by atoms with E-state index in [4.69, 9.17) is 4.74 Å². The number of likely N-dealkylation sites (N-methyl/N-ethyl adjacent to an activating group) is 1. The Hall–Kier alpha value is 0.450. The van der Waals surface area contributed by atoms with Crippen LogP contribution in [-0.4, -0.2) is 30.6 Å². The first-order valence-corrected chi connectivity index (χ1v) is 6.38. The molecular weight excluding hydrogens is 270 g/mol. The molecule has 2 nitrogen and oxygen atoms in total. The number of hydrogen-bond donors (Lipinski definition) is 0. The Morgan fingerprint density at radius 3 is 3.08 bits per heavy atom. The highest BCUT2D eigenvalue weighted by Crippen LogP contribution is 2.32. The van der Waals surface area contributed by atoms with Gasteiger partial charge in [0.2, 0.25) is 0 Å². The molecule has 0 radical (unpaired) electrons. The van der Waals surface area contributed by atoms with Gasteiger partial charge in [0.15, 0.2) is 0 Å². The SMILES string of the molecule is CN(CC1CO1)Sc1ccc(Br)s1. The number of nitrogens with zero attached hydrogens (tertiary/aromatic N) is 1. The lowest BCUT2D eigenvalue weighted by Gasteiger charge is -2.11. The molecule has 0 bridgehead atoms. The maximum Gasteiger partial charge on any atom is 0.0945 e. The fraction of sp³-hybridized carbons (Fsp3) is 0.500. The summed E-state index contributed by atoms with van der Waals surface area (Å²) in [5.74, 6) is 0. The molecule has 0 saturated carbocycles. The smallest absolute Gasteiger partial charge is 0.0945 e. The molecule has 1 aliphatic rings. The Labute approximate surface area is 94.5 Å². The first-order valence-electron chi connectivity index (χ1n) is 4.00. The van der Waals surface area contributed by atoms with E-state index in [1.54, 1.807) is 23.3 Å². The van der Waals surface area contributed by atoms with Crippen LogP contribution in [0.2, 0.25) is 0 Å². The highest BCUT2D eigenvalue weighted by Gasteiger charge is 2.24. The Kier molecular flexibility index (Phi) is 3.31. The quantitative estimate of drug-likeness (QED) is 0.623. The van der Waals surface area contributed by atoms with Crippen LogP contribution in [0.15, 0.2) is 20.1 Å². The maximum atomic E-state index is 5.16. The minimum atomic E-state index is 0.473. The average molecular weight is 280 g/mol. The summed E-state index contributed by atoms with van der Waals surface area (Å²) in [4.78, 5) is 0. The molecule has 1 unspecified atom stereocenters. The minimum absolute atomic E-state index is 0.473. The molecule has 1 fully saturated rings. The van der Waals surface area contributed by atoms with Crippen molar-refractivity contribution in [1.82, 2.24) is 4.31 Å². The van der Waals surface area contributed by atoms with E-state index >= 15 is 0 Å². The number of epoxide rings is 1. The summed E-state index contributed by atoms with van der Waals surface area (Å²) >= 11 is 6.98. The van der Waals surface area contributed by atoms with Crippen molar-refractivity contribution in [2.45, 2.75) is 10.3 Å². The second-order valence-corrected chi connectivity index (χ2v) is 6.88. The van der Waals surface area contributed by atoms with Crippen molar-refractivity contribution in [3.63, 3.8) is 0 Å². The van der Waals surface area contributed by atoms with Crippen LogP contribution < -0.4 is 0 Å². The van der Waals surface area contributed by atoms with E-state index in [0.717, 1.165) is 13.2 Å². The molecular formula is C8H10BrNOS2. The fourth-order valence-electron chi connectivity index (χ4n) is 0.998.